The fourth-order valence-electron chi connectivity index (χ4n) is 3.36. The second-order valence-electron chi connectivity index (χ2n) is 8.14. The smallest absolute Gasteiger partial charge is 0.326 e. The maximum atomic E-state index is 13.0. The van der Waals surface area contributed by atoms with Crippen molar-refractivity contribution in [2.75, 3.05) is 0 Å². The van der Waals surface area contributed by atoms with Crippen molar-refractivity contribution in [3.05, 3.63) is 36.0 Å². The molecule has 0 bridgehead atoms. The van der Waals surface area contributed by atoms with E-state index in [0.717, 1.165) is 10.9 Å². The number of aromatic amines is 1. The van der Waals surface area contributed by atoms with Gasteiger partial charge >= 0.3 is 11.9 Å². The fourth-order valence-corrected chi connectivity index (χ4v) is 3.36. The van der Waals surface area contributed by atoms with Gasteiger partial charge in [0.05, 0.1) is 18.9 Å². The number of amides is 4. The Bertz CT molecular complexity index is 1160. The van der Waals surface area contributed by atoms with Crippen molar-refractivity contribution in [1.82, 2.24) is 20.9 Å². The van der Waals surface area contributed by atoms with Crippen molar-refractivity contribution in [2.24, 2.45) is 11.5 Å². The molecule has 0 aliphatic heterocycles. The number of fused-ring (bicyclic) bond motifs is 1. The molecule has 0 aliphatic rings. The number of aliphatic carboxylic acids is 2. The molecule has 0 fully saturated rings. The summed E-state index contributed by atoms with van der Waals surface area (Å²) >= 11 is 0. The van der Waals surface area contributed by atoms with Crippen molar-refractivity contribution in [3.8, 4) is 0 Å². The van der Waals surface area contributed by atoms with Crippen LogP contribution in [0.1, 0.15) is 25.3 Å². The number of nitrogens with one attached hydrogen (secondary N) is 4. The zero-order chi connectivity index (χ0) is 27.0. The number of hydrogen-bond donors (Lipinski definition) is 8. The van der Waals surface area contributed by atoms with Gasteiger partial charge in [0.15, 0.2) is 0 Å². The zero-order valence-corrected chi connectivity index (χ0v) is 19.3. The quantitative estimate of drug-likeness (QED) is 0.149. The van der Waals surface area contributed by atoms with Gasteiger partial charge in [-0.2, -0.15) is 0 Å². The third kappa shape index (κ3) is 7.80. The lowest BCUT2D eigenvalue weighted by Crippen LogP contribution is -2.58. The van der Waals surface area contributed by atoms with Crippen molar-refractivity contribution in [1.29, 1.82) is 0 Å². The SMILES string of the molecule is CC(N)C(=O)NC(CC(=O)O)C(=O)NC(Cc1c[nH]c2ccccc12)C(=O)NC(CC(N)=O)C(=O)O. The van der Waals surface area contributed by atoms with E-state index in [0.29, 0.717) is 5.56 Å². The molecule has 1 heterocycles. The van der Waals surface area contributed by atoms with Crippen LogP contribution in [0.2, 0.25) is 0 Å². The largest absolute Gasteiger partial charge is 0.481 e. The molecule has 0 saturated carbocycles. The number of para-hydroxylation sites is 1. The van der Waals surface area contributed by atoms with E-state index in [1.807, 2.05) is 0 Å². The summed E-state index contributed by atoms with van der Waals surface area (Å²) < 4.78 is 0. The highest BCUT2D eigenvalue weighted by molar-refractivity contribution is 5.96. The first kappa shape index (κ1) is 27.8. The summed E-state index contributed by atoms with van der Waals surface area (Å²) in [7, 11) is 0. The number of benzene rings is 1. The molecule has 36 heavy (non-hydrogen) atoms. The molecule has 14 heteroatoms. The van der Waals surface area contributed by atoms with Crippen LogP contribution in [-0.2, 0) is 35.2 Å². The molecule has 4 amide bonds. The van der Waals surface area contributed by atoms with E-state index in [1.165, 1.54) is 6.92 Å². The number of H-pyrrole nitrogens is 1. The van der Waals surface area contributed by atoms with Gasteiger partial charge in [-0.25, -0.2) is 4.79 Å². The molecule has 1 aromatic carbocycles. The topological polar surface area (TPSA) is 247 Å². The maximum absolute atomic E-state index is 13.0. The first-order valence-electron chi connectivity index (χ1n) is 10.8. The van der Waals surface area contributed by atoms with Crippen LogP contribution in [0.3, 0.4) is 0 Å². The molecule has 194 valence electrons. The number of primary amides is 1. The van der Waals surface area contributed by atoms with Gasteiger partial charge in [0, 0.05) is 23.5 Å². The maximum Gasteiger partial charge on any atom is 0.326 e. The van der Waals surface area contributed by atoms with Gasteiger partial charge in [-0.3, -0.25) is 24.0 Å². The Hall–Kier alpha value is -4.46. The monoisotopic (exact) mass is 504 g/mol. The van der Waals surface area contributed by atoms with Gasteiger partial charge in [0.2, 0.25) is 23.6 Å². The molecule has 2 rings (SSSR count). The van der Waals surface area contributed by atoms with Crippen LogP contribution in [0, 0.1) is 0 Å². The van der Waals surface area contributed by atoms with Gasteiger partial charge in [0.25, 0.3) is 0 Å². The number of hydrogen-bond acceptors (Lipinski definition) is 7. The zero-order valence-electron chi connectivity index (χ0n) is 19.3. The first-order valence-corrected chi connectivity index (χ1v) is 10.8. The second-order valence-corrected chi connectivity index (χ2v) is 8.14. The van der Waals surface area contributed by atoms with Gasteiger partial charge in [-0.15, -0.1) is 0 Å². The highest BCUT2D eigenvalue weighted by atomic mass is 16.4. The predicted octanol–water partition coefficient (Wildman–Crippen LogP) is -2.05. The van der Waals surface area contributed by atoms with Crippen LogP contribution in [0.15, 0.2) is 30.5 Å². The van der Waals surface area contributed by atoms with Crippen LogP contribution in [0.5, 0.6) is 0 Å². The summed E-state index contributed by atoms with van der Waals surface area (Å²) in [6, 6.07) is 1.41. The molecule has 0 aliphatic carbocycles. The Morgan fingerprint density at radius 3 is 2.06 bits per heavy atom. The van der Waals surface area contributed by atoms with E-state index in [-0.39, 0.29) is 6.42 Å². The van der Waals surface area contributed by atoms with Gasteiger partial charge in [-0.1, -0.05) is 18.2 Å². The van der Waals surface area contributed by atoms with Crippen LogP contribution in [0.4, 0.5) is 0 Å². The van der Waals surface area contributed by atoms with E-state index in [2.05, 4.69) is 20.9 Å². The van der Waals surface area contributed by atoms with Gasteiger partial charge in [0.1, 0.15) is 18.1 Å². The van der Waals surface area contributed by atoms with E-state index in [4.69, 9.17) is 16.6 Å². The summed E-state index contributed by atoms with van der Waals surface area (Å²) in [5.74, 6) is -6.65. The third-order valence-electron chi connectivity index (χ3n) is 5.18. The Balaban J connectivity index is 2.34. The standard InChI is InChI=1S/C22H28N6O8/c1-10(23)19(32)26-15(8-18(30)31)21(34)27-14(20(33)28-16(22(35)36)7-17(24)29)6-11-9-25-13-5-3-2-4-12(11)13/h2-5,9-10,14-16,25H,6-8,23H2,1H3,(H2,24,29)(H,26,32)(H,27,34)(H,28,33)(H,30,31)(H,35,36). The average molecular weight is 505 g/mol. The molecule has 0 saturated heterocycles. The first-order chi connectivity index (χ1) is 16.9. The minimum atomic E-state index is -1.66. The van der Waals surface area contributed by atoms with E-state index in [1.54, 1.807) is 30.5 Å². The van der Waals surface area contributed by atoms with Crippen molar-refractivity contribution < 1.29 is 39.0 Å². The summed E-state index contributed by atoms with van der Waals surface area (Å²) in [6.45, 7) is 1.34. The molecule has 4 atom stereocenters. The molecule has 4 unspecified atom stereocenters. The Morgan fingerprint density at radius 2 is 1.47 bits per heavy atom. The molecular weight excluding hydrogens is 476 g/mol. The van der Waals surface area contributed by atoms with E-state index >= 15 is 0 Å². The molecule has 0 radical (unpaired) electrons. The molecule has 1 aromatic heterocycles. The number of nitrogens with two attached hydrogens (primary N) is 2. The highest BCUT2D eigenvalue weighted by Crippen LogP contribution is 2.19. The lowest BCUT2D eigenvalue weighted by molar-refractivity contribution is -0.144. The van der Waals surface area contributed by atoms with Crippen molar-refractivity contribution in [3.63, 3.8) is 0 Å². The summed E-state index contributed by atoms with van der Waals surface area (Å²) in [5.41, 5.74) is 11.9. The normalized spacial score (nSPS) is 14.2. The minimum absolute atomic E-state index is 0.133. The Kier molecular flexibility index (Phi) is 9.50. The van der Waals surface area contributed by atoms with E-state index < -0.39 is 72.6 Å². The molecule has 10 N–H and O–H groups in total. The molecule has 2 aromatic rings. The van der Waals surface area contributed by atoms with E-state index in [9.17, 15) is 33.9 Å². The molecular formula is C22H28N6O8. The number of carboxylic acid groups (broad SMARTS) is 2. The van der Waals surface area contributed by atoms with Crippen LogP contribution < -0.4 is 27.4 Å². The lowest BCUT2D eigenvalue weighted by atomic mass is 10.0. The Labute approximate surface area is 204 Å². The highest BCUT2D eigenvalue weighted by Gasteiger charge is 2.32. The third-order valence-corrected chi connectivity index (χ3v) is 5.18. The van der Waals surface area contributed by atoms with Crippen molar-refractivity contribution in [2.45, 2.75) is 50.4 Å². The molecule has 14 nitrogen and oxygen atoms in total. The predicted molar refractivity (Wildman–Crippen MR) is 125 cm³/mol. The summed E-state index contributed by atoms with van der Waals surface area (Å²) in [5, 5.41) is 26.0. The van der Waals surface area contributed by atoms with Gasteiger partial charge in [-0.05, 0) is 18.6 Å². The Morgan fingerprint density at radius 1 is 0.889 bits per heavy atom. The number of carboxylic acids is 2. The van der Waals surface area contributed by atoms with Crippen LogP contribution >= 0.6 is 0 Å². The van der Waals surface area contributed by atoms with Crippen molar-refractivity contribution >= 4 is 46.5 Å². The summed E-state index contributed by atoms with van der Waals surface area (Å²) in [6.07, 6.45) is -0.0284. The number of rotatable bonds is 13. The number of carbonyl (C=O) groups is 6. The summed E-state index contributed by atoms with van der Waals surface area (Å²) in [4.78, 5) is 74.9. The lowest BCUT2D eigenvalue weighted by Gasteiger charge is -2.24. The number of carbonyl (C=O) groups excluding carboxylic acids is 4. The minimum Gasteiger partial charge on any atom is -0.481 e. The molecule has 0 spiro atoms. The fraction of sp³-hybridized carbons (Fsp3) is 0.364. The second kappa shape index (κ2) is 12.3. The van der Waals surface area contributed by atoms with Gasteiger partial charge < -0.3 is 42.6 Å². The average Bonchev–Trinajstić information content (AvgIpc) is 3.19. The van der Waals surface area contributed by atoms with Crippen LogP contribution in [0.25, 0.3) is 10.9 Å². The number of aromatic nitrogens is 1. The van der Waals surface area contributed by atoms with Crippen LogP contribution in [-0.4, -0.2) is 74.9 Å².